The fourth-order valence-corrected chi connectivity index (χ4v) is 1.70. The summed E-state index contributed by atoms with van der Waals surface area (Å²) in [4.78, 5) is 8.12. The van der Waals surface area contributed by atoms with Crippen molar-refractivity contribution in [2.24, 2.45) is 10.7 Å². The number of guanidine groups is 1. The number of nitrogens with two attached hydrogens (primary N) is 1. The maximum atomic E-state index is 5.66. The van der Waals surface area contributed by atoms with E-state index >= 15 is 0 Å². The van der Waals surface area contributed by atoms with Crippen molar-refractivity contribution in [1.29, 1.82) is 0 Å². The highest BCUT2D eigenvalue weighted by atomic mass is 32.1. The van der Waals surface area contributed by atoms with Gasteiger partial charge in [-0.2, -0.15) is 0 Å². The van der Waals surface area contributed by atoms with Crippen LogP contribution in [0.2, 0.25) is 0 Å². The van der Waals surface area contributed by atoms with Crippen LogP contribution in [0.5, 0.6) is 0 Å². The summed E-state index contributed by atoms with van der Waals surface area (Å²) in [5.41, 5.74) is 6.87. The molecule has 1 heterocycles. The maximum Gasteiger partial charge on any atom is 0.194 e. The second-order valence-corrected chi connectivity index (χ2v) is 4.51. The molecule has 0 saturated carbocycles. The third-order valence-corrected chi connectivity index (χ3v) is 2.72. The Morgan fingerprint density at radius 3 is 3.10 bits per heavy atom. The molecule has 20 heavy (non-hydrogen) atoms. The van der Waals surface area contributed by atoms with E-state index in [1.54, 1.807) is 13.3 Å². The molecule has 1 aromatic heterocycles. The minimum Gasteiger partial charge on any atom is -0.383 e. The molecule has 0 saturated heterocycles. The first-order chi connectivity index (χ1) is 9.72. The van der Waals surface area contributed by atoms with Gasteiger partial charge in [-0.25, -0.2) is 0 Å². The molecule has 4 N–H and O–H groups in total. The topological polar surface area (TPSA) is 84.6 Å². The highest BCUT2D eigenvalue weighted by Gasteiger charge is 1.98. The first-order valence-corrected chi connectivity index (χ1v) is 6.86. The van der Waals surface area contributed by atoms with Crippen molar-refractivity contribution >= 4 is 23.3 Å². The number of pyridine rings is 1. The average Bonchev–Trinajstić information content (AvgIpc) is 2.45. The molecule has 0 bridgehead atoms. The molecule has 7 heteroatoms. The monoisotopic (exact) mass is 295 g/mol. The minimum absolute atomic E-state index is 0.298. The number of nitrogens with one attached hydrogen (secondary N) is 2. The molecule has 0 amide bonds. The summed E-state index contributed by atoms with van der Waals surface area (Å²) in [6.07, 6.45) is 5.57. The highest BCUT2D eigenvalue weighted by Crippen LogP contribution is 1.98. The van der Waals surface area contributed by atoms with Crippen molar-refractivity contribution in [3.05, 3.63) is 30.1 Å². The van der Waals surface area contributed by atoms with E-state index in [1.807, 2.05) is 12.3 Å². The number of rotatable bonds is 7. The minimum atomic E-state index is 0.298. The number of ether oxygens (including phenoxy) is 1. The lowest BCUT2D eigenvalue weighted by molar-refractivity contribution is 0.208. The number of hydrogen-bond acceptors (Lipinski definition) is 4. The zero-order valence-electron chi connectivity index (χ0n) is 11.6. The lowest BCUT2D eigenvalue weighted by Gasteiger charge is -2.09. The van der Waals surface area contributed by atoms with E-state index in [1.165, 1.54) is 5.56 Å². The third-order valence-electron chi connectivity index (χ3n) is 2.47. The normalized spacial score (nSPS) is 11.2. The Hall–Kier alpha value is -1.73. The smallest absolute Gasteiger partial charge is 0.194 e. The maximum absolute atomic E-state index is 5.66. The Balaban J connectivity index is 2.12. The van der Waals surface area contributed by atoms with Gasteiger partial charge in [0.15, 0.2) is 11.1 Å². The summed E-state index contributed by atoms with van der Waals surface area (Å²) in [6.45, 7) is 1.82. The number of aliphatic imine (C=N–C) groups is 1. The Morgan fingerprint density at radius 1 is 1.55 bits per heavy atom. The zero-order valence-corrected chi connectivity index (χ0v) is 12.4. The standard InChI is InChI=1S/C13H21N5OS/c1-19-9-8-16-12(14)18-13(20)17-7-3-5-11-4-2-6-15-10-11/h2,4,6,10H,3,5,7-9H2,1H3,(H4,14,16,17,18,20). The van der Waals surface area contributed by atoms with Crippen LogP contribution in [0.1, 0.15) is 12.0 Å². The van der Waals surface area contributed by atoms with E-state index in [0.29, 0.717) is 24.2 Å². The quantitative estimate of drug-likeness (QED) is 0.293. The van der Waals surface area contributed by atoms with E-state index in [0.717, 1.165) is 19.4 Å². The van der Waals surface area contributed by atoms with Crippen molar-refractivity contribution < 1.29 is 4.74 Å². The summed E-state index contributed by atoms with van der Waals surface area (Å²) in [7, 11) is 1.62. The molecule has 0 aliphatic rings. The van der Waals surface area contributed by atoms with Crippen molar-refractivity contribution in [3.8, 4) is 0 Å². The first-order valence-electron chi connectivity index (χ1n) is 6.45. The fraction of sp³-hybridized carbons (Fsp3) is 0.462. The zero-order chi connectivity index (χ0) is 14.6. The van der Waals surface area contributed by atoms with Crippen LogP contribution in [-0.2, 0) is 11.2 Å². The lowest BCUT2D eigenvalue weighted by Crippen LogP contribution is -2.43. The van der Waals surface area contributed by atoms with Gasteiger partial charge < -0.3 is 21.1 Å². The van der Waals surface area contributed by atoms with Crippen molar-refractivity contribution in [2.45, 2.75) is 12.8 Å². The summed E-state index contributed by atoms with van der Waals surface area (Å²) >= 11 is 5.11. The predicted octanol–water partition coefficient (Wildman–Crippen LogP) is 0.439. The van der Waals surface area contributed by atoms with E-state index < -0.39 is 0 Å². The molecule has 0 radical (unpaired) electrons. The molecule has 0 unspecified atom stereocenters. The van der Waals surface area contributed by atoms with Crippen LogP contribution < -0.4 is 16.4 Å². The molecule has 0 spiro atoms. The van der Waals surface area contributed by atoms with Gasteiger partial charge in [0.2, 0.25) is 0 Å². The second-order valence-electron chi connectivity index (χ2n) is 4.11. The van der Waals surface area contributed by atoms with Crippen LogP contribution in [0.15, 0.2) is 29.5 Å². The molecule has 1 aromatic rings. The largest absolute Gasteiger partial charge is 0.383 e. The van der Waals surface area contributed by atoms with Crippen LogP contribution in [-0.4, -0.2) is 42.9 Å². The summed E-state index contributed by atoms with van der Waals surface area (Å²) in [5, 5.41) is 6.38. The highest BCUT2D eigenvalue weighted by molar-refractivity contribution is 7.80. The average molecular weight is 295 g/mol. The number of thiocarbonyl (C=S) groups is 1. The second kappa shape index (κ2) is 10.1. The molecule has 0 aromatic carbocycles. The van der Waals surface area contributed by atoms with Gasteiger partial charge in [0.05, 0.1) is 13.2 Å². The lowest BCUT2D eigenvalue weighted by atomic mass is 10.2. The van der Waals surface area contributed by atoms with Crippen LogP contribution in [0.25, 0.3) is 0 Å². The van der Waals surface area contributed by atoms with Gasteiger partial charge in [-0.1, -0.05) is 6.07 Å². The molecular formula is C13H21N5OS. The van der Waals surface area contributed by atoms with Crippen LogP contribution in [0, 0.1) is 0 Å². The van der Waals surface area contributed by atoms with Crippen LogP contribution >= 0.6 is 12.2 Å². The molecule has 110 valence electrons. The molecule has 0 atom stereocenters. The van der Waals surface area contributed by atoms with Gasteiger partial charge >= 0.3 is 0 Å². The van der Waals surface area contributed by atoms with Crippen molar-refractivity contribution in [3.63, 3.8) is 0 Å². The van der Waals surface area contributed by atoms with Gasteiger partial charge in [-0.3, -0.25) is 9.98 Å². The predicted molar refractivity (Wildman–Crippen MR) is 84.7 cm³/mol. The van der Waals surface area contributed by atoms with Crippen molar-refractivity contribution in [2.75, 3.05) is 26.8 Å². The third kappa shape index (κ3) is 7.65. The Labute approximate surface area is 124 Å². The molecule has 1 rings (SSSR count). The molecule has 6 nitrogen and oxygen atoms in total. The van der Waals surface area contributed by atoms with E-state index in [9.17, 15) is 0 Å². The Kier molecular flexibility index (Phi) is 8.25. The van der Waals surface area contributed by atoms with Gasteiger partial charge in [-0.15, -0.1) is 0 Å². The molecule has 0 aliphatic carbocycles. The molecule has 0 fully saturated rings. The number of methoxy groups -OCH3 is 1. The van der Waals surface area contributed by atoms with Crippen LogP contribution in [0.4, 0.5) is 0 Å². The summed E-state index contributed by atoms with van der Waals surface area (Å²) in [5.74, 6) is 0.298. The summed E-state index contributed by atoms with van der Waals surface area (Å²) in [6, 6.07) is 4.00. The van der Waals surface area contributed by atoms with Gasteiger partial charge in [0, 0.05) is 26.0 Å². The van der Waals surface area contributed by atoms with E-state index in [2.05, 4.69) is 26.7 Å². The van der Waals surface area contributed by atoms with Crippen molar-refractivity contribution in [1.82, 2.24) is 15.6 Å². The van der Waals surface area contributed by atoms with Crippen LogP contribution in [0.3, 0.4) is 0 Å². The number of aromatic nitrogens is 1. The van der Waals surface area contributed by atoms with Gasteiger partial charge in [-0.05, 0) is 36.7 Å². The summed E-state index contributed by atoms with van der Waals surface area (Å²) < 4.78 is 4.87. The number of hydrogen-bond donors (Lipinski definition) is 3. The van der Waals surface area contributed by atoms with Gasteiger partial charge in [0.25, 0.3) is 0 Å². The fourth-order valence-electron chi connectivity index (χ4n) is 1.50. The van der Waals surface area contributed by atoms with E-state index in [-0.39, 0.29) is 0 Å². The number of aryl methyl sites for hydroxylation is 1. The van der Waals surface area contributed by atoms with Gasteiger partial charge in [0.1, 0.15) is 0 Å². The SMILES string of the molecule is COCCN=C(N)NC(=S)NCCCc1cccnc1. The Bertz CT molecular complexity index is 424. The van der Waals surface area contributed by atoms with E-state index in [4.69, 9.17) is 22.7 Å². The molecular weight excluding hydrogens is 274 g/mol. The first kappa shape index (κ1) is 16.3. The molecule has 0 aliphatic heterocycles. The Morgan fingerprint density at radius 2 is 2.40 bits per heavy atom. The number of nitrogens with zero attached hydrogens (tertiary/aromatic N) is 2.